The van der Waals surface area contributed by atoms with E-state index in [2.05, 4.69) is 9.97 Å². The van der Waals surface area contributed by atoms with Crippen LogP contribution in [0.5, 0.6) is 0 Å². The number of ether oxygens (including phenoxy) is 1. The average Bonchev–Trinajstić information content (AvgIpc) is 2.88. The highest BCUT2D eigenvalue weighted by atomic mass is 16.5. The molecule has 0 amide bonds. The van der Waals surface area contributed by atoms with E-state index in [1.54, 1.807) is 30.7 Å². The summed E-state index contributed by atoms with van der Waals surface area (Å²) < 4.78 is 5.05. The molecule has 0 aliphatic carbocycles. The van der Waals surface area contributed by atoms with E-state index in [0.717, 1.165) is 11.3 Å². The molecule has 2 heterocycles. The van der Waals surface area contributed by atoms with Crippen LogP contribution in [0.4, 0.5) is 0 Å². The third-order valence-corrected chi connectivity index (χ3v) is 2.12. The first-order chi connectivity index (χ1) is 8.34. The fourth-order valence-electron chi connectivity index (χ4n) is 1.29. The van der Waals surface area contributed by atoms with Crippen LogP contribution < -0.4 is 0 Å². The van der Waals surface area contributed by atoms with Crippen LogP contribution in [0, 0.1) is 0 Å². The van der Waals surface area contributed by atoms with Crippen LogP contribution in [0.25, 0.3) is 6.08 Å². The molecule has 4 heteroatoms. The summed E-state index contributed by atoms with van der Waals surface area (Å²) in [6.07, 6.45) is 8.20. The molecule has 4 nitrogen and oxygen atoms in total. The molecule has 2 aromatic heterocycles. The Morgan fingerprint density at radius 2 is 2.35 bits per heavy atom. The lowest BCUT2D eigenvalue weighted by atomic mass is 10.3. The van der Waals surface area contributed by atoms with Gasteiger partial charge in [-0.15, -0.1) is 0 Å². The van der Waals surface area contributed by atoms with Crippen molar-refractivity contribution >= 4 is 12.0 Å². The molecule has 1 N–H and O–H groups in total. The highest BCUT2D eigenvalue weighted by Gasteiger charge is 1.98. The topological polar surface area (TPSA) is 55.0 Å². The largest absolute Gasteiger partial charge is 0.458 e. The van der Waals surface area contributed by atoms with Gasteiger partial charge in [0.2, 0.25) is 0 Å². The Balaban J connectivity index is 1.82. The smallest absolute Gasteiger partial charge is 0.331 e. The fourth-order valence-corrected chi connectivity index (χ4v) is 1.29. The van der Waals surface area contributed by atoms with Crippen LogP contribution >= 0.6 is 0 Å². The summed E-state index contributed by atoms with van der Waals surface area (Å²) in [5.41, 5.74) is 1.73. The number of H-pyrrole nitrogens is 1. The summed E-state index contributed by atoms with van der Waals surface area (Å²) in [5, 5.41) is 0. The van der Waals surface area contributed by atoms with Crippen LogP contribution in [-0.4, -0.2) is 15.9 Å². The van der Waals surface area contributed by atoms with Gasteiger partial charge in [0.05, 0.1) is 0 Å². The molecule has 0 aliphatic rings. The predicted octanol–water partition coefficient (Wildman–Crippen LogP) is 2.17. The highest BCUT2D eigenvalue weighted by molar-refractivity contribution is 5.86. The fraction of sp³-hybridized carbons (Fsp3) is 0.0769. The lowest BCUT2D eigenvalue weighted by Gasteiger charge is -2.00. The second-order valence-electron chi connectivity index (χ2n) is 3.43. The van der Waals surface area contributed by atoms with E-state index in [9.17, 15) is 4.79 Å². The maximum Gasteiger partial charge on any atom is 0.331 e. The van der Waals surface area contributed by atoms with Gasteiger partial charge in [-0.2, -0.15) is 0 Å². The summed E-state index contributed by atoms with van der Waals surface area (Å²) in [5.74, 6) is -0.372. The van der Waals surface area contributed by atoms with Crippen molar-refractivity contribution in [2.45, 2.75) is 6.61 Å². The van der Waals surface area contributed by atoms with Crippen molar-refractivity contribution in [2.24, 2.45) is 0 Å². The Morgan fingerprint density at radius 3 is 3.06 bits per heavy atom. The minimum Gasteiger partial charge on any atom is -0.458 e. The molecule has 0 saturated heterocycles. The zero-order valence-corrected chi connectivity index (χ0v) is 9.17. The summed E-state index contributed by atoms with van der Waals surface area (Å²) in [7, 11) is 0. The number of aromatic amines is 1. The monoisotopic (exact) mass is 228 g/mol. The van der Waals surface area contributed by atoms with E-state index in [1.165, 1.54) is 6.08 Å². The molecule has 0 unspecified atom stereocenters. The van der Waals surface area contributed by atoms with E-state index in [-0.39, 0.29) is 12.6 Å². The number of rotatable bonds is 4. The third-order valence-electron chi connectivity index (χ3n) is 2.12. The Labute approximate surface area is 99.0 Å². The number of carbonyl (C=O) groups is 1. The second-order valence-corrected chi connectivity index (χ2v) is 3.43. The number of carbonyl (C=O) groups excluding carboxylic acids is 1. The van der Waals surface area contributed by atoms with Gasteiger partial charge >= 0.3 is 5.97 Å². The summed E-state index contributed by atoms with van der Waals surface area (Å²) in [6.45, 7) is 0.238. The molecule has 2 rings (SSSR count). The molecule has 0 atom stereocenters. The van der Waals surface area contributed by atoms with Crippen molar-refractivity contribution < 1.29 is 9.53 Å². The lowest BCUT2D eigenvalue weighted by Crippen LogP contribution is -2.00. The standard InChI is InChI=1S/C13H12N2O2/c16-13(6-5-12-4-2-8-15-12)17-10-11-3-1-7-14-9-11/h1-9,15H,10H2/b6-5+. The quantitative estimate of drug-likeness (QED) is 0.644. The van der Waals surface area contributed by atoms with Crippen LogP contribution in [0.2, 0.25) is 0 Å². The second kappa shape index (κ2) is 5.65. The van der Waals surface area contributed by atoms with Gasteiger partial charge in [0, 0.05) is 35.9 Å². The molecule has 0 aliphatic heterocycles. The van der Waals surface area contributed by atoms with Crippen molar-refractivity contribution in [3.05, 3.63) is 60.2 Å². The number of hydrogen-bond donors (Lipinski definition) is 1. The number of aromatic nitrogens is 2. The molecule has 0 radical (unpaired) electrons. The third kappa shape index (κ3) is 3.61. The minimum absolute atomic E-state index is 0.238. The Hall–Kier alpha value is -2.36. The molecule has 0 saturated carbocycles. The van der Waals surface area contributed by atoms with Gasteiger partial charge in [-0.1, -0.05) is 6.07 Å². The maximum atomic E-state index is 11.4. The minimum atomic E-state index is -0.372. The molecule has 0 spiro atoms. The van der Waals surface area contributed by atoms with Crippen LogP contribution in [0.15, 0.2) is 48.9 Å². The first-order valence-corrected chi connectivity index (χ1v) is 5.22. The zero-order valence-electron chi connectivity index (χ0n) is 9.17. The lowest BCUT2D eigenvalue weighted by molar-refractivity contribution is -0.138. The SMILES string of the molecule is O=C(/C=C/c1ccc[nH]1)OCc1cccnc1. The van der Waals surface area contributed by atoms with Crippen LogP contribution in [-0.2, 0) is 16.1 Å². The van der Waals surface area contributed by atoms with Gasteiger partial charge in [-0.05, 0) is 24.3 Å². The normalized spacial score (nSPS) is 10.6. The van der Waals surface area contributed by atoms with Gasteiger partial charge in [0.15, 0.2) is 0 Å². The predicted molar refractivity (Wildman–Crippen MR) is 63.9 cm³/mol. The summed E-state index contributed by atoms with van der Waals surface area (Å²) in [6, 6.07) is 7.39. The van der Waals surface area contributed by atoms with Gasteiger partial charge in [0.25, 0.3) is 0 Å². The van der Waals surface area contributed by atoms with E-state index >= 15 is 0 Å². The number of esters is 1. The van der Waals surface area contributed by atoms with Crippen molar-refractivity contribution in [1.82, 2.24) is 9.97 Å². The molecule has 0 bridgehead atoms. The molecule has 2 aromatic rings. The average molecular weight is 228 g/mol. The van der Waals surface area contributed by atoms with Gasteiger partial charge < -0.3 is 9.72 Å². The van der Waals surface area contributed by atoms with Crippen molar-refractivity contribution in [2.75, 3.05) is 0 Å². The molecule has 0 aromatic carbocycles. The highest BCUT2D eigenvalue weighted by Crippen LogP contribution is 2.01. The van der Waals surface area contributed by atoms with Gasteiger partial charge in [-0.3, -0.25) is 4.98 Å². The van der Waals surface area contributed by atoms with E-state index < -0.39 is 0 Å². The molecule has 17 heavy (non-hydrogen) atoms. The molecular weight excluding hydrogens is 216 g/mol. The summed E-state index contributed by atoms with van der Waals surface area (Å²) >= 11 is 0. The maximum absolute atomic E-state index is 11.4. The van der Waals surface area contributed by atoms with Gasteiger partial charge in [-0.25, -0.2) is 4.79 Å². The summed E-state index contributed by atoms with van der Waals surface area (Å²) in [4.78, 5) is 18.3. The number of nitrogens with zero attached hydrogens (tertiary/aromatic N) is 1. The van der Waals surface area contributed by atoms with E-state index in [0.29, 0.717) is 0 Å². The number of nitrogens with one attached hydrogen (secondary N) is 1. The van der Waals surface area contributed by atoms with Crippen molar-refractivity contribution in [1.29, 1.82) is 0 Å². The number of hydrogen-bond acceptors (Lipinski definition) is 3. The van der Waals surface area contributed by atoms with Crippen molar-refractivity contribution in [3.8, 4) is 0 Å². The number of pyridine rings is 1. The molecule has 86 valence electrons. The first-order valence-electron chi connectivity index (χ1n) is 5.22. The van der Waals surface area contributed by atoms with Crippen LogP contribution in [0.1, 0.15) is 11.3 Å². The van der Waals surface area contributed by atoms with Gasteiger partial charge in [0.1, 0.15) is 6.61 Å². The van der Waals surface area contributed by atoms with Crippen molar-refractivity contribution in [3.63, 3.8) is 0 Å². The van der Waals surface area contributed by atoms with E-state index in [1.807, 2.05) is 18.2 Å². The first kappa shape index (κ1) is 11.1. The molecule has 0 fully saturated rings. The Bertz CT molecular complexity index is 489. The van der Waals surface area contributed by atoms with E-state index in [4.69, 9.17) is 4.74 Å². The Kier molecular flexibility index (Phi) is 3.70. The molecular formula is C13H12N2O2. The van der Waals surface area contributed by atoms with Crippen LogP contribution in [0.3, 0.4) is 0 Å². The Morgan fingerprint density at radius 1 is 1.41 bits per heavy atom. The zero-order chi connectivity index (χ0) is 11.9.